The summed E-state index contributed by atoms with van der Waals surface area (Å²) in [4.78, 5) is 24.7. The summed E-state index contributed by atoms with van der Waals surface area (Å²) in [6, 6.07) is 6.30. The molecule has 0 N–H and O–H groups in total. The number of carbonyl (C=O) groups excluding carboxylic acids is 2. The minimum absolute atomic E-state index is 0.0716. The summed E-state index contributed by atoms with van der Waals surface area (Å²) in [6.45, 7) is 3.60. The fourth-order valence-electron chi connectivity index (χ4n) is 2.88. The molecule has 0 aliphatic heterocycles. The Kier molecular flexibility index (Phi) is 4.34. The molecular formula is C19H17FO4. The van der Waals surface area contributed by atoms with Gasteiger partial charge in [0.05, 0.1) is 12.2 Å². The first kappa shape index (κ1) is 16.2. The summed E-state index contributed by atoms with van der Waals surface area (Å²) in [5.41, 5.74) is 1.75. The van der Waals surface area contributed by atoms with E-state index >= 15 is 0 Å². The van der Waals surface area contributed by atoms with Crippen molar-refractivity contribution in [2.24, 2.45) is 0 Å². The number of hydrogen-bond acceptors (Lipinski definition) is 4. The molecule has 3 rings (SSSR count). The maximum atomic E-state index is 13.8. The van der Waals surface area contributed by atoms with E-state index in [0.29, 0.717) is 40.9 Å². The molecule has 0 atom stereocenters. The predicted octanol–water partition coefficient (Wildman–Crippen LogP) is 4.12. The summed E-state index contributed by atoms with van der Waals surface area (Å²) < 4.78 is 24.3. The molecular weight excluding hydrogens is 311 g/mol. The lowest BCUT2D eigenvalue weighted by Gasteiger charge is -2.13. The van der Waals surface area contributed by atoms with E-state index in [1.807, 2.05) is 0 Å². The molecule has 0 fully saturated rings. The molecule has 0 radical (unpaired) electrons. The van der Waals surface area contributed by atoms with Crippen LogP contribution in [0.2, 0.25) is 0 Å². The van der Waals surface area contributed by atoms with Crippen LogP contribution < -0.4 is 0 Å². The van der Waals surface area contributed by atoms with Gasteiger partial charge in [-0.05, 0) is 32.4 Å². The summed E-state index contributed by atoms with van der Waals surface area (Å²) in [5, 5.41) is 0. The molecule has 0 spiro atoms. The maximum Gasteiger partial charge on any atom is 0.374 e. The van der Waals surface area contributed by atoms with Crippen LogP contribution in [0.3, 0.4) is 0 Å². The van der Waals surface area contributed by atoms with E-state index in [9.17, 15) is 14.0 Å². The number of hydrogen-bond donors (Lipinski definition) is 0. The van der Waals surface area contributed by atoms with Crippen molar-refractivity contribution in [3.63, 3.8) is 0 Å². The largest absolute Gasteiger partial charge is 0.460 e. The van der Waals surface area contributed by atoms with Crippen molar-refractivity contribution >= 4 is 17.8 Å². The zero-order valence-electron chi connectivity index (χ0n) is 13.5. The number of Topliss-reactive ketones (excluding diaryl/α,β-unsaturated/α-hetero) is 1. The molecule has 0 unspecified atom stereocenters. The smallest absolute Gasteiger partial charge is 0.374 e. The third-order valence-electron chi connectivity index (χ3n) is 4.06. The molecule has 2 aromatic rings. The molecule has 1 aromatic heterocycles. The third kappa shape index (κ3) is 2.77. The van der Waals surface area contributed by atoms with Gasteiger partial charge in [0.1, 0.15) is 11.6 Å². The number of ether oxygens (including phenoxy) is 1. The van der Waals surface area contributed by atoms with E-state index in [1.54, 1.807) is 38.1 Å². The van der Waals surface area contributed by atoms with Gasteiger partial charge in [0.15, 0.2) is 5.78 Å². The highest BCUT2D eigenvalue weighted by molar-refractivity contribution is 6.14. The number of allylic oxidation sites excluding steroid dienone is 1. The van der Waals surface area contributed by atoms with Gasteiger partial charge in [0.2, 0.25) is 5.76 Å². The Bertz CT molecular complexity index is 845. The van der Waals surface area contributed by atoms with E-state index in [2.05, 4.69) is 0 Å². The molecule has 124 valence electrons. The quantitative estimate of drug-likeness (QED) is 0.628. The van der Waals surface area contributed by atoms with Crippen LogP contribution in [-0.2, 0) is 11.2 Å². The van der Waals surface area contributed by atoms with Crippen molar-refractivity contribution in [1.29, 1.82) is 0 Å². The van der Waals surface area contributed by atoms with Gasteiger partial charge in [-0.3, -0.25) is 4.79 Å². The molecule has 24 heavy (non-hydrogen) atoms. The second kappa shape index (κ2) is 6.43. The lowest BCUT2D eigenvalue weighted by Crippen LogP contribution is -2.13. The number of esters is 1. The average molecular weight is 328 g/mol. The van der Waals surface area contributed by atoms with Crippen LogP contribution in [0, 0.1) is 12.7 Å². The normalized spacial score (nSPS) is 15.5. The van der Waals surface area contributed by atoms with Crippen LogP contribution in [0.5, 0.6) is 0 Å². The predicted molar refractivity (Wildman–Crippen MR) is 86.4 cm³/mol. The van der Waals surface area contributed by atoms with Crippen molar-refractivity contribution in [1.82, 2.24) is 0 Å². The second-order valence-electron chi connectivity index (χ2n) is 5.60. The molecule has 0 amide bonds. The lowest BCUT2D eigenvalue weighted by molar-refractivity contribution is 0.0486. The Morgan fingerprint density at radius 2 is 2.08 bits per heavy atom. The van der Waals surface area contributed by atoms with Gasteiger partial charge in [-0.25, -0.2) is 9.18 Å². The minimum atomic E-state index is -0.572. The minimum Gasteiger partial charge on any atom is -0.460 e. The highest BCUT2D eigenvalue weighted by Gasteiger charge is 2.32. The monoisotopic (exact) mass is 328 g/mol. The number of fused-ring (bicyclic) bond motifs is 1. The number of ketones is 1. The van der Waals surface area contributed by atoms with Gasteiger partial charge in [-0.15, -0.1) is 0 Å². The van der Waals surface area contributed by atoms with Crippen LogP contribution in [-0.4, -0.2) is 18.4 Å². The third-order valence-corrected chi connectivity index (χ3v) is 4.06. The Labute approximate surface area is 138 Å². The highest BCUT2D eigenvalue weighted by Crippen LogP contribution is 2.33. The van der Waals surface area contributed by atoms with E-state index in [4.69, 9.17) is 9.15 Å². The zero-order chi connectivity index (χ0) is 17.3. The molecule has 4 nitrogen and oxygen atoms in total. The van der Waals surface area contributed by atoms with Gasteiger partial charge in [0, 0.05) is 23.1 Å². The van der Waals surface area contributed by atoms with E-state index in [-0.39, 0.29) is 24.0 Å². The molecule has 5 heteroatoms. The number of benzene rings is 1. The van der Waals surface area contributed by atoms with Crippen LogP contribution in [0.4, 0.5) is 4.39 Å². The van der Waals surface area contributed by atoms with Crippen molar-refractivity contribution in [2.75, 3.05) is 6.61 Å². The Balaban J connectivity index is 1.99. The number of rotatable bonds is 3. The van der Waals surface area contributed by atoms with Gasteiger partial charge in [-0.1, -0.05) is 18.2 Å². The van der Waals surface area contributed by atoms with Gasteiger partial charge < -0.3 is 9.15 Å². The summed E-state index contributed by atoms with van der Waals surface area (Å²) >= 11 is 0. The number of carbonyl (C=O) groups is 2. The van der Waals surface area contributed by atoms with Gasteiger partial charge in [0.25, 0.3) is 0 Å². The molecule has 1 aliphatic rings. The Morgan fingerprint density at radius 1 is 1.33 bits per heavy atom. The number of aryl methyl sites for hydroxylation is 1. The molecule has 0 saturated heterocycles. The first-order valence-electron chi connectivity index (χ1n) is 7.82. The highest BCUT2D eigenvalue weighted by atomic mass is 19.1. The van der Waals surface area contributed by atoms with Crippen LogP contribution in [0.15, 0.2) is 34.3 Å². The Hall–Kier alpha value is -2.69. The topological polar surface area (TPSA) is 56.5 Å². The second-order valence-corrected chi connectivity index (χ2v) is 5.60. The molecule has 1 heterocycles. The van der Waals surface area contributed by atoms with Gasteiger partial charge in [-0.2, -0.15) is 0 Å². The fraction of sp³-hybridized carbons (Fsp3) is 0.263. The first-order chi connectivity index (χ1) is 11.5. The summed E-state index contributed by atoms with van der Waals surface area (Å²) in [5.74, 6) is -0.610. The van der Waals surface area contributed by atoms with Crippen molar-refractivity contribution in [3.05, 3.63) is 63.9 Å². The standard InChI is InChI=1S/C19H17FO4/c1-3-23-19(22)18-11(2)16-15(24-18)9-8-13(17(16)21)10-12-6-4-5-7-14(12)20/h4-7,10H,3,8-9H2,1-2H3/b13-10+. The van der Waals surface area contributed by atoms with E-state index < -0.39 is 5.97 Å². The average Bonchev–Trinajstić information content (AvgIpc) is 2.90. The SMILES string of the molecule is CCOC(=O)c1oc2c(c1C)C(=O)/C(=C/c1ccccc1F)CC2. The van der Waals surface area contributed by atoms with Crippen LogP contribution in [0.25, 0.3) is 6.08 Å². The molecule has 1 aliphatic carbocycles. The summed E-state index contributed by atoms with van der Waals surface area (Å²) in [6.07, 6.45) is 2.49. The molecule has 1 aromatic carbocycles. The van der Waals surface area contributed by atoms with Crippen LogP contribution >= 0.6 is 0 Å². The first-order valence-corrected chi connectivity index (χ1v) is 7.82. The van der Waals surface area contributed by atoms with Crippen molar-refractivity contribution < 1.29 is 23.1 Å². The van der Waals surface area contributed by atoms with E-state index in [1.165, 1.54) is 6.07 Å². The van der Waals surface area contributed by atoms with Crippen LogP contribution in [0.1, 0.15) is 51.1 Å². The molecule has 0 saturated carbocycles. The van der Waals surface area contributed by atoms with E-state index in [0.717, 1.165) is 0 Å². The number of furan rings is 1. The van der Waals surface area contributed by atoms with Crippen molar-refractivity contribution in [2.45, 2.75) is 26.7 Å². The van der Waals surface area contributed by atoms with Gasteiger partial charge >= 0.3 is 5.97 Å². The Morgan fingerprint density at radius 3 is 2.79 bits per heavy atom. The fourth-order valence-corrected chi connectivity index (χ4v) is 2.88. The van der Waals surface area contributed by atoms with Crippen molar-refractivity contribution in [3.8, 4) is 0 Å². The zero-order valence-corrected chi connectivity index (χ0v) is 13.5. The maximum absolute atomic E-state index is 13.8. The summed E-state index contributed by atoms with van der Waals surface area (Å²) in [7, 11) is 0. The molecule has 0 bridgehead atoms. The number of halogens is 1. The lowest BCUT2D eigenvalue weighted by atomic mass is 9.88.